The van der Waals surface area contributed by atoms with Crippen LogP contribution in [0.4, 0.5) is 0 Å². The highest BCUT2D eigenvalue weighted by Gasteiger charge is 2.20. The molecule has 1 aliphatic carbocycles. The highest BCUT2D eigenvalue weighted by molar-refractivity contribution is 7.23. The van der Waals surface area contributed by atoms with Crippen LogP contribution in [-0.4, -0.2) is 15.4 Å². The Morgan fingerprint density at radius 2 is 2.33 bits per heavy atom. The van der Waals surface area contributed by atoms with Gasteiger partial charge in [-0.05, 0) is 37.5 Å². The summed E-state index contributed by atoms with van der Waals surface area (Å²) in [6, 6.07) is 7.49. The second-order valence-corrected chi connectivity index (χ2v) is 6.10. The molecule has 4 heteroatoms. The fourth-order valence-electron chi connectivity index (χ4n) is 2.32. The molecule has 0 atom stereocenters. The SMILES string of the molecule is Cc1cn2c(n1)sc1cc(CNC3CC3)ccc12. The minimum Gasteiger partial charge on any atom is -0.310 e. The van der Waals surface area contributed by atoms with Gasteiger partial charge in [-0.25, -0.2) is 4.98 Å². The topological polar surface area (TPSA) is 29.3 Å². The Balaban J connectivity index is 1.74. The average Bonchev–Trinajstić information content (AvgIpc) is 3.03. The Morgan fingerprint density at radius 1 is 1.44 bits per heavy atom. The van der Waals surface area contributed by atoms with E-state index in [0.717, 1.165) is 23.2 Å². The molecule has 0 aliphatic heterocycles. The monoisotopic (exact) mass is 257 g/mol. The molecule has 1 saturated carbocycles. The molecule has 92 valence electrons. The first kappa shape index (κ1) is 10.5. The van der Waals surface area contributed by atoms with Gasteiger partial charge in [0, 0.05) is 18.8 Å². The van der Waals surface area contributed by atoms with Crippen LogP contribution in [0, 0.1) is 6.92 Å². The van der Waals surface area contributed by atoms with Crippen LogP contribution in [0.3, 0.4) is 0 Å². The summed E-state index contributed by atoms with van der Waals surface area (Å²) in [7, 11) is 0. The second kappa shape index (κ2) is 3.80. The normalized spacial score (nSPS) is 15.8. The Labute approximate surface area is 109 Å². The number of hydrogen-bond acceptors (Lipinski definition) is 3. The Hall–Kier alpha value is -1.39. The summed E-state index contributed by atoms with van der Waals surface area (Å²) in [5.74, 6) is 0. The van der Waals surface area contributed by atoms with Crippen molar-refractivity contribution in [3.63, 3.8) is 0 Å². The molecular formula is C14H15N3S. The van der Waals surface area contributed by atoms with Gasteiger partial charge < -0.3 is 5.32 Å². The van der Waals surface area contributed by atoms with Gasteiger partial charge in [0.05, 0.1) is 15.9 Å². The largest absolute Gasteiger partial charge is 0.310 e. The first-order valence-corrected chi connectivity index (χ1v) is 7.22. The molecule has 0 unspecified atom stereocenters. The molecule has 3 aromatic rings. The maximum atomic E-state index is 4.53. The molecule has 18 heavy (non-hydrogen) atoms. The number of benzene rings is 1. The zero-order valence-electron chi connectivity index (χ0n) is 10.3. The quantitative estimate of drug-likeness (QED) is 0.781. The molecule has 1 aliphatic rings. The van der Waals surface area contributed by atoms with Crippen LogP contribution in [0.2, 0.25) is 0 Å². The summed E-state index contributed by atoms with van der Waals surface area (Å²) in [6.45, 7) is 3.03. The summed E-state index contributed by atoms with van der Waals surface area (Å²) in [4.78, 5) is 5.62. The summed E-state index contributed by atoms with van der Waals surface area (Å²) < 4.78 is 3.51. The third-order valence-electron chi connectivity index (χ3n) is 3.45. The van der Waals surface area contributed by atoms with Crippen molar-refractivity contribution in [2.75, 3.05) is 0 Å². The van der Waals surface area contributed by atoms with E-state index in [0.29, 0.717) is 0 Å². The maximum absolute atomic E-state index is 4.53. The number of thiazole rings is 1. The highest BCUT2D eigenvalue weighted by Crippen LogP contribution is 2.27. The molecular weight excluding hydrogens is 242 g/mol. The zero-order valence-corrected chi connectivity index (χ0v) is 11.1. The molecule has 0 saturated heterocycles. The highest BCUT2D eigenvalue weighted by atomic mass is 32.1. The van der Waals surface area contributed by atoms with E-state index in [1.807, 2.05) is 6.92 Å². The Kier molecular flexibility index (Phi) is 2.22. The lowest BCUT2D eigenvalue weighted by molar-refractivity contribution is 0.688. The zero-order chi connectivity index (χ0) is 12.1. The van der Waals surface area contributed by atoms with E-state index in [1.54, 1.807) is 11.3 Å². The third-order valence-corrected chi connectivity index (χ3v) is 4.47. The van der Waals surface area contributed by atoms with Gasteiger partial charge in [-0.3, -0.25) is 4.40 Å². The second-order valence-electron chi connectivity index (χ2n) is 5.09. The van der Waals surface area contributed by atoms with E-state index >= 15 is 0 Å². The molecule has 2 aromatic heterocycles. The molecule has 2 heterocycles. The van der Waals surface area contributed by atoms with Crippen LogP contribution < -0.4 is 5.32 Å². The van der Waals surface area contributed by atoms with Crippen molar-refractivity contribution in [3.05, 3.63) is 35.7 Å². The number of rotatable bonds is 3. The first-order chi connectivity index (χ1) is 8.79. The summed E-state index contributed by atoms with van der Waals surface area (Å²) in [5, 5.41) is 3.56. The maximum Gasteiger partial charge on any atom is 0.194 e. The molecule has 1 aromatic carbocycles. The fraction of sp³-hybridized carbons (Fsp3) is 0.357. The number of aromatic nitrogens is 2. The molecule has 4 rings (SSSR count). The molecule has 1 N–H and O–H groups in total. The number of fused-ring (bicyclic) bond motifs is 3. The molecule has 0 bridgehead atoms. The van der Waals surface area contributed by atoms with E-state index in [4.69, 9.17) is 0 Å². The predicted molar refractivity (Wildman–Crippen MR) is 75.2 cm³/mol. The van der Waals surface area contributed by atoms with E-state index in [9.17, 15) is 0 Å². The van der Waals surface area contributed by atoms with Gasteiger partial charge in [0.25, 0.3) is 0 Å². The van der Waals surface area contributed by atoms with Gasteiger partial charge in [-0.2, -0.15) is 0 Å². The molecule has 1 fully saturated rings. The molecule has 3 nitrogen and oxygen atoms in total. The number of nitrogens with one attached hydrogen (secondary N) is 1. The summed E-state index contributed by atoms with van der Waals surface area (Å²) in [5.41, 5.74) is 3.73. The Morgan fingerprint density at radius 3 is 3.17 bits per heavy atom. The van der Waals surface area contributed by atoms with E-state index < -0.39 is 0 Å². The third kappa shape index (κ3) is 1.72. The lowest BCUT2D eigenvalue weighted by atomic mass is 10.2. The van der Waals surface area contributed by atoms with E-state index in [-0.39, 0.29) is 0 Å². The van der Waals surface area contributed by atoms with E-state index in [2.05, 4.69) is 39.1 Å². The van der Waals surface area contributed by atoms with Crippen LogP contribution in [0.5, 0.6) is 0 Å². The lowest BCUT2D eigenvalue weighted by Gasteiger charge is -2.02. The van der Waals surface area contributed by atoms with Gasteiger partial charge in [-0.15, -0.1) is 0 Å². The Bertz CT molecular complexity index is 721. The van der Waals surface area contributed by atoms with Gasteiger partial charge in [-0.1, -0.05) is 17.4 Å². The molecule has 0 radical (unpaired) electrons. The van der Waals surface area contributed by atoms with Crippen LogP contribution in [-0.2, 0) is 6.54 Å². The predicted octanol–water partition coefficient (Wildman–Crippen LogP) is 3.11. The number of imidazole rings is 1. The standard InChI is InChI=1S/C14H15N3S/c1-9-8-17-12-5-2-10(7-15-11-3-4-11)6-13(12)18-14(17)16-9/h2,5-6,8,11,15H,3-4,7H2,1H3. The van der Waals surface area contributed by atoms with Gasteiger partial charge in [0.2, 0.25) is 0 Å². The van der Waals surface area contributed by atoms with Gasteiger partial charge >= 0.3 is 0 Å². The van der Waals surface area contributed by atoms with Crippen molar-refractivity contribution in [2.24, 2.45) is 0 Å². The number of hydrogen-bond donors (Lipinski definition) is 1. The van der Waals surface area contributed by atoms with Crippen molar-refractivity contribution in [3.8, 4) is 0 Å². The molecule has 0 amide bonds. The number of aryl methyl sites for hydroxylation is 1. The van der Waals surface area contributed by atoms with Gasteiger partial charge in [0.1, 0.15) is 0 Å². The minimum atomic E-state index is 0.768. The smallest absolute Gasteiger partial charge is 0.194 e. The molecule has 0 spiro atoms. The first-order valence-electron chi connectivity index (χ1n) is 6.40. The van der Waals surface area contributed by atoms with Crippen molar-refractivity contribution >= 4 is 26.5 Å². The van der Waals surface area contributed by atoms with E-state index in [1.165, 1.54) is 28.6 Å². The van der Waals surface area contributed by atoms with Crippen LogP contribution in [0.1, 0.15) is 24.1 Å². The van der Waals surface area contributed by atoms with Crippen molar-refractivity contribution < 1.29 is 0 Å². The average molecular weight is 257 g/mol. The lowest BCUT2D eigenvalue weighted by Crippen LogP contribution is -2.14. The van der Waals surface area contributed by atoms with Crippen molar-refractivity contribution in [1.82, 2.24) is 14.7 Å². The van der Waals surface area contributed by atoms with Gasteiger partial charge in [0.15, 0.2) is 4.96 Å². The fourth-order valence-corrected chi connectivity index (χ4v) is 3.43. The van der Waals surface area contributed by atoms with Crippen molar-refractivity contribution in [2.45, 2.75) is 32.4 Å². The van der Waals surface area contributed by atoms with Crippen molar-refractivity contribution in [1.29, 1.82) is 0 Å². The summed E-state index contributed by atoms with van der Waals surface area (Å²) >= 11 is 1.77. The van der Waals surface area contributed by atoms with Crippen LogP contribution in [0.25, 0.3) is 15.2 Å². The van der Waals surface area contributed by atoms with Crippen LogP contribution in [0.15, 0.2) is 24.4 Å². The minimum absolute atomic E-state index is 0.768. The summed E-state index contributed by atoms with van der Waals surface area (Å²) in [6.07, 6.45) is 4.79. The number of nitrogens with zero attached hydrogens (tertiary/aromatic N) is 2. The van der Waals surface area contributed by atoms with Crippen LogP contribution >= 0.6 is 11.3 Å².